The van der Waals surface area contributed by atoms with E-state index in [2.05, 4.69) is 10.5 Å². The number of amides is 2. The second kappa shape index (κ2) is 6.51. The number of hydrogen-bond acceptors (Lipinski definition) is 6. The van der Waals surface area contributed by atoms with Gasteiger partial charge in [0.05, 0.1) is 18.9 Å². The number of nitrogens with one attached hydrogen (secondary N) is 1. The van der Waals surface area contributed by atoms with Crippen molar-refractivity contribution in [1.82, 2.24) is 10.2 Å². The maximum Gasteiger partial charge on any atom is 0.289 e. The maximum atomic E-state index is 12.4. The van der Waals surface area contributed by atoms with Gasteiger partial charge in [-0.3, -0.25) is 9.59 Å². The van der Waals surface area contributed by atoms with Gasteiger partial charge in [0.25, 0.3) is 11.8 Å². The van der Waals surface area contributed by atoms with E-state index >= 15 is 0 Å². The lowest BCUT2D eigenvalue weighted by Crippen LogP contribution is -2.40. The molecule has 0 radical (unpaired) electrons. The number of ether oxygens (including phenoxy) is 1. The number of rotatable bonds is 4. The summed E-state index contributed by atoms with van der Waals surface area (Å²) in [5.41, 5.74) is -0.219. The van der Waals surface area contributed by atoms with Gasteiger partial charge in [0.2, 0.25) is 0 Å². The molecule has 1 aromatic heterocycles. The first kappa shape index (κ1) is 16.1. The zero-order valence-electron chi connectivity index (χ0n) is 13.9. The lowest BCUT2D eigenvalue weighted by atomic mass is 9.96. The third-order valence-corrected chi connectivity index (χ3v) is 4.95. The number of likely N-dealkylation sites (tertiary alicyclic amines) is 1. The van der Waals surface area contributed by atoms with Crippen LogP contribution in [-0.2, 0) is 14.4 Å². The van der Waals surface area contributed by atoms with Crippen LogP contribution in [0.4, 0.5) is 0 Å². The van der Waals surface area contributed by atoms with Crippen LogP contribution in [-0.4, -0.2) is 60.4 Å². The monoisotopic (exact) mass is 347 g/mol. The number of nitrogens with zero attached hydrogens (tertiary/aromatic N) is 2. The normalized spacial score (nSPS) is 28.2. The van der Waals surface area contributed by atoms with Crippen LogP contribution in [0.5, 0.6) is 0 Å². The molecule has 8 nitrogen and oxygen atoms in total. The summed E-state index contributed by atoms with van der Waals surface area (Å²) < 4.78 is 10.7. The minimum Gasteiger partial charge on any atom is -0.459 e. The minimum atomic E-state index is -0.598. The molecule has 0 saturated carbocycles. The predicted molar refractivity (Wildman–Crippen MR) is 87.1 cm³/mol. The molecule has 4 heterocycles. The van der Waals surface area contributed by atoms with Crippen molar-refractivity contribution < 1.29 is 23.6 Å². The second-order valence-corrected chi connectivity index (χ2v) is 6.79. The zero-order chi connectivity index (χ0) is 17.3. The van der Waals surface area contributed by atoms with E-state index < -0.39 is 5.60 Å². The lowest BCUT2D eigenvalue weighted by molar-refractivity contribution is -0.115. The number of carbonyl (C=O) groups excluding carboxylic acids is 2. The molecule has 0 bridgehead atoms. The molecule has 1 aromatic rings. The number of carbonyl (C=O) groups is 2. The van der Waals surface area contributed by atoms with Crippen LogP contribution in [0.2, 0.25) is 0 Å². The van der Waals surface area contributed by atoms with Gasteiger partial charge in [0.1, 0.15) is 5.71 Å². The molecule has 2 atom stereocenters. The van der Waals surface area contributed by atoms with Crippen LogP contribution >= 0.6 is 0 Å². The largest absolute Gasteiger partial charge is 0.459 e. The fourth-order valence-electron chi connectivity index (χ4n) is 3.55. The lowest BCUT2D eigenvalue weighted by Gasteiger charge is -2.21. The Hall–Kier alpha value is -2.35. The van der Waals surface area contributed by atoms with Crippen molar-refractivity contribution in [3.63, 3.8) is 0 Å². The molecule has 0 unspecified atom stereocenters. The summed E-state index contributed by atoms with van der Waals surface area (Å²) in [4.78, 5) is 31.9. The summed E-state index contributed by atoms with van der Waals surface area (Å²) in [6, 6.07) is 3.33. The van der Waals surface area contributed by atoms with Crippen LogP contribution in [0.25, 0.3) is 0 Å². The summed E-state index contributed by atoms with van der Waals surface area (Å²) in [5.74, 6) is -0.0737. The molecule has 2 amide bonds. The number of furan rings is 1. The Labute approximate surface area is 145 Å². The van der Waals surface area contributed by atoms with Gasteiger partial charge in [-0.15, -0.1) is 0 Å². The molecular formula is C17H21N3O5. The Morgan fingerprint density at radius 3 is 3.12 bits per heavy atom. The first-order valence-corrected chi connectivity index (χ1v) is 8.63. The molecular weight excluding hydrogens is 326 g/mol. The summed E-state index contributed by atoms with van der Waals surface area (Å²) in [7, 11) is 0. The second-order valence-electron chi connectivity index (χ2n) is 6.79. The standard InChI is InChI=1S/C17H21N3O5/c21-15(18-10-12-3-1-7-23-12)13-9-17(25-19-13)5-6-20(11-17)16(22)14-4-2-8-24-14/h2,4,8,12H,1,3,5-7,9-11H2,(H,18,21)/t12-,17+/m1/s1. The molecule has 3 aliphatic rings. The Morgan fingerprint density at radius 2 is 2.36 bits per heavy atom. The predicted octanol–water partition coefficient (Wildman–Crippen LogP) is 0.936. The van der Waals surface area contributed by atoms with Gasteiger partial charge in [-0.25, -0.2) is 0 Å². The van der Waals surface area contributed by atoms with Gasteiger partial charge in [0, 0.05) is 32.5 Å². The van der Waals surface area contributed by atoms with E-state index in [1.54, 1.807) is 17.0 Å². The summed E-state index contributed by atoms with van der Waals surface area (Å²) in [6.45, 7) is 2.21. The van der Waals surface area contributed by atoms with Crippen LogP contribution in [0.3, 0.4) is 0 Å². The SMILES string of the molecule is O=C(NC[C@H]1CCCO1)C1=NO[C@@]2(CCN(C(=O)c3ccco3)C2)C1. The van der Waals surface area contributed by atoms with E-state index in [0.717, 1.165) is 19.4 Å². The van der Waals surface area contributed by atoms with Gasteiger partial charge in [-0.05, 0) is 25.0 Å². The Balaban J connectivity index is 1.30. The van der Waals surface area contributed by atoms with Crippen molar-refractivity contribution in [1.29, 1.82) is 0 Å². The molecule has 2 fully saturated rings. The molecule has 0 aliphatic carbocycles. The van der Waals surface area contributed by atoms with E-state index in [4.69, 9.17) is 14.0 Å². The van der Waals surface area contributed by atoms with Crippen molar-refractivity contribution in [2.75, 3.05) is 26.2 Å². The van der Waals surface area contributed by atoms with Gasteiger partial charge < -0.3 is 24.2 Å². The molecule has 3 aliphatic heterocycles. The highest BCUT2D eigenvalue weighted by atomic mass is 16.7. The molecule has 134 valence electrons. The highest BCUT2D eigenvalue weighted by molar-refractivity contribution is 6.39. The van der Waals surface area contributed by atoms with Crippen molar-refractivity contribution in [3.05, 3.63) is 24.2 Å². The molecule has 25 heavy (non-hydrogen) atoms. The van der Waals surface area contributed by atoms with Gasteiger partial charge in [-0.2, -0.15) is 0 Å². The Morgan fingerprint density at radius 1 is 1.44 bits per heavy atom. The Bertz CT molecular complexity index is 680. The van der Waals surface area contributed by atoms with E-state index in [0.29, 0.717) is 43.9 Å². The fraction of sp³-hybridized carbons (Fsp3) is 0.588. The van der Waals surface area contributed by atoms with E-state index in [1.807, 2.05) is 0 Å². The molecule has 8 heteroatoms. The minimum absolute atomic E-state index is 0.0914. The van der Waals surface area contributed by atoms with Crippen molar-refractivity contribution >= 4 is 17.5 Å². The van der Waals surface area contributed by atoms with Crippen LogP contribution in [0.15, 0.2) is 28.0 Å². The maximum absolute atomic E-state index is 12.4. The van der Waals surface area contributed by atoms with E-state index in [1.165, 1.54) is 6.26 Å². The highest BCUT2D eigenvalue weighted by Gasteiger charge is 2.48. The van der Waals surface area contributed by atoms with Gasteiger partial charge >= 0.3 is 0 Å². The molecule has 1 N–H and O–H groups in total. The molecule has 0 aromatic carbocycles. The van der Waals surface area contributed by atoms with E-state index in [-0.39, 0.29) is 17.9 Å². The van der Waals surface area contributed by atoms with Gasteiger partial charge in [-0.1, -0.05) is 5.16 Å². The number of hydrogen-bond donors (Lipinski definition) is 1. The first-order valence-electron chi connectivity index (χ1n) is 8.63. The van der Waals surface area contributed by atoms with Crippen LogP contribution in [0, 0.1) is 0 Å². The number of oxime groups is 1. The fourth-order valence-corrected chi connectivity index (χ4v) is 3.55. The summed E-state index contributed by atoms with van der Waals surface area (Å²) in [5, 5.41) is 6.83. The molecule has 4 rings (SSSR count). The van der Waals surface area contributed by atoms with Gasteiger partial charge in [0.15, 0.2) is 11.4 Å². The summed E-state index contributed by atoms with van der Waals surface area (Å²) >= 11 is 0. The third-order valence-electron chi connectivity index (χ3n) is 4.95. The zero-order valence-corrected chi connectivity index (χ0v) is 13.9. The molecule has 1 spiro atoms. The van der Waals surface area contributed by atoms with Crippen molar-refractivity contribution in [2.45, 2.75) is 37.4 Å². The molecule has 2 saturated heterocycles. The smallest absolute Gasteiger partial charge is 0.289 e. The van der Waals surface area contributed by atoms with Crippen LogP contribution < -0.4 is 5.32 Å². The van der Waals surface area contributed by atoms with Crippen molar-refractivity contribution in [2.24, 2.45) is 5.16 Å². The topological polar surface area (TPSA) is 93.4 Å². The quantitative estimate of drug-likeness (QED) is 0.875. The average Bonchev–Trinajstić information content (AvgIpc) is 3.41. The average molecular weight is 347 g/mol. The highest BCUT2D eigenvalue weighted by Crippen LogP contribution is 2.34. The van der Waals surface area contributed by atoms with Crippen molar-refractivity contribution in [3.8, 4) is 0 Å². The van der Waals surface area contributed by atoms with Crippen LogP contribution in [0.1, 0.15) is 36.2 Å². The first-order chi connectivity index (χ1) is 12.2. The summed E-state index contributed by atoms with van der Waals surface area (Å²) in [6.07, 6.45) is 4.63. The third kappa shape index (κ3) is 3.26. The van der Waals surface area contributed by atoms with E-state index in [9.17, 15) is 9.59 Å². The Kier molecular flexibility index (Phi) is 4.20.